The highest BCUT2D eigenvalue weighted by molar-refractivity contribution is 5.74. The molecule has 1 aromatic heterocycles. The fourth-order valence-corrected chi connectivity index (χ4v) is 3.38. The van der Waals surface area contributed by atoms with Gasteiger partial charge in [-0.05, 0) is 24.8 Å². The summed E-state index contributed by atoms with van der Waals surface area (Å²) in [6.07, 6.45) is 1.74. The van der Waals surface area contributed by atoms with Crippen LogP contribution in [0.3, 0.4) is 0 Å². The third kappa shape index (κ3) is 4.06. The van der Waals surface area contributed by atoms with Gasteiger partial charge in [-0.3, -0.25) is 0 Å². The van der Waals surface area contributed by atoms with Crippen LogP contribution in [0.25, 0.3) is 0 Å². The Morgan fingerprint density at radius 1 is 1.39 bits per heavy atom. The number of ether oxygens (including phenoxy) is 2. The first-order chi connectivity index (χ1) is 10.9. The Morgan fingerprint density at radius 3 is 2.96 bits per heavy atom. The number of urea groups is 1. The zero-order valence-electron chi connectivity index (χ0n) is 14.1. The molecule has 3 rings (SSSR count). The van der Waals surface area contributed by atoms with Gasteiger partial charge in [-0.15, -0.1) is 0 Å². The number of carbonyl (C=O) groups is 1. The Kier molecular flexibility index (Phi) is 4.64. The quantitative estimate of drug-likeness (QED) is 0.896. The Morgan fingerprint density at radius 2 is 2.22 bits per heavy atom. The molecular formula is C17H26N2O4. The largest absolute Gasteiger partial charge is 0.466 e. The molecule has 0 aromatic carbocycles. The fraction of sp³-hybridized carbons (Fsp3) is 0.706. The molecule has 0 bridgehead atoms. The van der Waals surface area contributed by atoms with Crippen molar-refractivity contribution >= 4 is 6.03 Å². The summed E-state index contributed by atoms with van der Waals surface area (Å²) >= 11 is 0. The van der Waals surface area contributed by atoms with Crippen molar-refractivity contribution in [2.24, 2.45) is 5.41 Å². The van der Waals surface area contributed by atoms with Gasteiger partial charge in [-0.2, -0.15) is 0 Å². The number of carbonyl (C=O) groups excluding carboxylic acids is 1. The van der Waals surface area contributed by atoms with Crippen molar-refractivity contribution in [3.8, 4) is 0 Å². The van der Waals surface area contributed by atoms with Crippen LogP contribution in [0.5, 0.6) is 0 Å². The Hall–Kier alpha value is -1.53. The van der Waals surface area contributed by atoms with Crippen molar-refractivity contribution in [2.75, 3.05) is 26.4 Å². The average Bonchev–Trinajstić information content (AvgIpc) is 2.85. The molecule has 2 N–H and O–H groups in total. The van der Waals surface area contributed by atoms with Gasteiger partial charge in [-0.25, -0.2) is 4.79 Å². The maximum absolute atomic E-state index is 12.2. The van der Waals surface area contributed by atoms with Crippen LogP contribution >= 0.6 is 0 Å². The summed E-state index contributed by atoms with van der Waals surface area (Å²) in [4.78, 5) is 12.2. The summed E-state index contributed by atoms with van der Waals surface area (Å²) in [7, 11) is 0. The molecule has 0 saturated carbocycles. The zero-order valence-corrected chi connectivity index (χ0v) is 14.1. The van der Waals surface area contributed by atoms with E-state index in [4.69, 9.17) is 13.9 Å². The summed E-state index contributed by atoms with van der Waals surface area (Å²) in [6, 6.07) is 1.84. The van der Waals surface area contributed by atoms with Gasteiger partial charge in [0, 0.05) is 18.5 Å². The summed E-state index contributed by atoms with van der Waals surface area (Å²) < 4.78 is 16.7. The minimum Gasteiger partial charge on any atom is -0.466 e. The smallest absolute Gasteiger partial charge is 0.315 e. The highest BCUT2D eigenvalue weighted by Crippen LogP contribution is 2.41. The van der Waals surface area contributed by atoms with E-state index in [1.165, 1.54) is 0 Å². The molecule has 1 aliphatic carbocycles. The second-order valence-corrected chi connectivity index (χ2v) is 7.26. The predicted octanol–water partition coefficient (Wildman–Crippen LogP) is 2.32. The normalized spacial score (nSPS) is 26.4. The van der Waals surface area contributed by atoms with E-state index in [1.54, 1.807) is 0 Å². The molecule has 2 amide bonds. The Balaban J connectivity index is 1.59. The van der Waals surface area contributed by atoms with E-state index in [1.807, 2.05) is 13.0 Å². The van der Waals surface area contributed by atoms with Gasteiger partial charge >= 0.3 is 6.03 Å². The van der Waals surface area contributed by atoms with Gasteiger partial charge in [0.1, 0.15) is 11.5 Å². The molecule has 2 heterocycles. The molecule has 0 radical (unpaired) electrons. The van der Waals surface area contributed by atoms with Crippen LogP contribution in [0.1, 0.15) is 43.4 Å². The first-order valence-corrected chi connectivity index (χ1v) is 8.26. The highest BCUT2D eigenvalue weighted by Gasteiger charge is 2.35. The van der Waals surface area contributed by atoms with Crippen LogP contribution in [0.4, 0.5) is 4.79 Å². The molecule has 1 aromatic rings. The van der Waals surface area contributed by atoms with Crippen LogP contribution < -0.4 is 10.6 Å². The van der Waals surface area contributed by atoms with E-state index < -0.39 is 0 Å². The van der Waals surface area contributed by atoms with Crippen molar-refractivity contribution in [3.63, 3.8) is 0 Å². The molecule has 1 saturated heterocycles. The van der Waals surface area contributed by atoms with Gasteiger partial charge in [0.05, 0.1) is 32.0 Å². The molecule has 2 aliphatic rings. The summed E-state index contributed by atoms with van der Waals surface area (Å²) in [6.45, 7) is 8.55. The minimum atomic E-state index is -0.174. The average molecular weight is 322 g/mol. The molecular weight excluding hydrogens is 296 g/mol. The molecule has 0 spiro atoms. The lowest BCUT2D eigenvalue weighted by Gasteiger charge is -2.34. The third-order valence-electron chi connectivity index (χ3n) is 4.42. The van der Waals surface area contributed by atoms with E-state index in [9.17, 15) is 4.79 Å². The SMILES string of the molecule is Cc1cc2c(o1)CC(C)(C)C[C@H]2NC(=O)NC[C@@H]1COCCO1. The lowest BCUT2D eigenvalue weighted by Crippen LogP contribution is -2.46. The van der Waals surface area contributed by atoms with Gasteiger partial charge in [-0.1, -0.05) is 13.8 Å². The van der Waals surface area contributed by atoms with Gasteiger partial charge in [0.2, 0.25) is 0 Å². The van der Waals surface area contributed by atoms with E-state index in [0.29, 0.717) is 26.4 Å². The summed E-state index contributed by atoms with van der Waals surface area (Å²) in [5.41, 5.74) is 1.21. The molecule has 0 unspecified atom stereocenters. The van der Waals surface area contributed by atoms with E-state index in [0.717, 1.165) is 29.9 Å². The maximum Gasteiger partial charge on any atom is 0.315 e. The van der Waals surface area contributed by atoms with Crippen LogP contribution in [0.2, 0.25) is 0 Å². The maximum atomic E-state index is 12.2. The summed E-state index contributed by atoms with van der Waals surface area (Å²) in [5, 5.41) is 5.96. The van der Waals surface area contributed by atoms with E-state index >= 15 is 0 Å². The van der Waals surface area contributed by atoms with Crippen molar-refractivity contribution in [1.82, 2.24) is 10.6 Å². The van der Waals surface area contributed by atoms with E-state index in [-0.39, 0.29) is 23.6 Å². The first kappa shape index (κ1) is 16.3. The monoisotopic (exact) mass is 322 g/mol. The van der Waals surface area contributed by atoms with Crippen LogP contribution in [-0.4, -0.2) is 38.5 Å². The van der Waals surface area contributed by atoms with Gasteiger partial charge in [0.15, 0.2) is 0 Å². The number of hydrogen-bond acceptors (Lipinski definition) is 4. The number of nitrogens with one attached hydrogen (secondary N) is 2. The topological polar surface area (TPSA) is 72.7 Å². The number of fused-ring (bicyclic) bond motifs is 1. The molecule has 6 nitrogen and oxygen atoms in total. The second kappa shape index (κ2) is 6.53. The Bertz CT molecular complexity index is 561. The highest BCUT2D eigenvalue weighted by atomic mass is 16.6. The molecule has 1 fully saturated rings. The van der Waals surface area contributed by atoms with Crippen LogP contribution in [-0.2, 0) is 15.9 Å². The number of amides is 2. The van der Waals surface area contributed by atoms with Crippen LogP contribution in [0, 0.1) is 12.3 Å². The van der Waals surface area contributed by atoms with Crippen molar-refractivity contribution in [2.45, 2.75) is 45.8 Å². The van der Waals surface area contributed by atoms with Crippen LogP contribution in [0.15, 0.2) is 10.5 Å². The number of rotatable bonds is 3. The lowest BCUT2D eigenvalue weighted by atomic mass is 9.75. The summed E-state index contributed by atoms with van der Waals surface area (Å²) in [5.74, 6) is 1.89. The third-order valence-corrected chi connectivity index (χ3v) is 4.42. The molecule has 2 atom stereocenters. The van der Waals surface area contributed by atoms with Crippen molar-refractivity contribution in [1.29, 1.82) is 0 Å². The second-order valence-electron chi connectivity index (χ2n) is 7.26. The van der Waals surface area contributed by atoms with E-state index in [2.05, 4.69) is 24.5 Å². The zero-order chi connectivity index (χ0) is 16.4. The number of hydrogen-bond donors (Lipinski definition) is 2. The molecule has 1 aliphatic heterocycles. The fourth-order valence-electron chi connectivity index (χ4n) is 3.38. The predicted molar refractivity (Wildman–Crippen MR) is 85.4 cm³/mol. The standard InChI is InChI=1S/C17H26N2O4/c1-11-6-13-14(7-17(2,3)8-15(13)23-11)19-16(20)18-9-12-10-21-4-5-22-12/h6,12,14H,4-5,7-10H2,1-3H3,(H2,18,19,20)/t12-,14-/m1/s1. The molecule has 128 valence electrons. The van der Waals surface area contributed by atoms with Gasteiger partial charge < -0.3 is 24.5 Å². The number of furan rings is 1. The minimum absolute atomic E-state index is 0.0188. The van der Waals surface area contributed by atoms with Crippen molar-refractivity contribution in [3.05, 3.63) is 23.2 Å². The first-order valence-electron chi connectivity index (χ1n) is 8.26. The van der Waals surface area contributed by atoms with Gasteiger partial charge in [0.25, 0.3) is 0 Å². The Labute approximate surface area is 136 Å². The number of aryl methyl sites for hydroxylation is 1. The molecule has 23 heavy (non-hydrogen) atoms. The lowest BCUT2D eigenvalue weighted by molar-refractivity contribution is -0.0854. The molecule has 6 heteroatoms. The van der Waals surface area contributed by atoms with Crippen molar-refractivity contribution < 1.29 is 18.7 Å².